The highest BCUT2D eigenvalue weighted by molar-refractivity contribution is 7.12. The van der Waals surface area contributed by atoms with E-state index in [-0.39, 0.29) is 29.4 Å². The summed E-state index contributed by atoms with van der Waals surface area (Å²) in [6.45, 7) is 9.58. The number of nitrogens with zero attached hydrogens (tertiary/aromatic N) is 1. The second-order valence-corrected chi connectivity index (χ2v) is 8.12. The average Bonchev–Trinajstić information content (AvgIpc) is 3.00. The maximum absolute atomic E-state index is 12.3. The van der Waals surface area contributed by atoms with Crippen molar-refractivity contribution in [1.29, 1.82) is 0 Å². The molecule has 1 aliphatic heterocycles. The molecule has 0 bridgehead atoms. The first-order valence-corrected chi connectivity index (χ1v) is 9.04. The van der Waals surface area contributed by atoms with Crippen molar-refractivity contribution in [2.24, 2.45) is 0 Å². The Kier molecular flexibility index (Phi) is 5.81. The lowest BCUT2D eigenvalue weighted by Crippen LogP contribution is -2.54. The van der Waals surface area contributed by atoms with Gasteiger partial charge in [-0.3, -0.25) is 14.5 Å². The van der Waals surface area contributed by atoms with Crippen LogP contribution in [0.2, 0.25) is 0 Å². The minimum Gasteiger partial charge on any atom is -0.350 e. The van der Waals surface area contributed by atoms with Crippen molar-refractivity contribution < 1.29 is 9.59 Å². The standard InChI is InChI=1S/C17H27N3O2S/c1-12(15(21)19-17(2,3)4)20-9-7-13(8-10-20)18-16(22)14-6-5-11-23-14/h5-6,11-13H,7-10H2,1-4H3,(H,18,22)(H,19,21). The Bertz CT molecular complexity index is 529. The van der Waals surface area contributed by atoms with Gasteiger partial charge in [0.25, 0.3) is 5.91 Å². The number of nitrogens with one attached hydrogen (secondary N) is 2. The summed E-state index contributed by atoms with van der Waals surface area (Å²) in [6, 6.07) is 3.79. The molecule has 2 heterocycles. The highest BCUT2D eigenvalue weighted by atomic mass is 32.1. The second-order valence-electron chi connectivity index (χ2n) is 7.18. The molecule has 2 rings (SSSR count). The van der Waals surface area contributed by atoms with E-state index in [1.165, 1.54) is 11.3 Å². The fourth-order valence-electron chi connectivity index (χ4n) is 2.74. The number of amides is 2. The largest absolute Gasteiger partial charge is 0.350 e. The maximum Gasteiger partial charge on any atom is 0.261 e. The molecule has 23 heavy (non-hydrogen) atoms. The van der Waals surface area contributed by atoms with E-state index in [2.05, 4.69) is 15.5 Å². The lowest BCUT2D eigenvalue weighted by atomic mass is 10.0. The number of carbonyl (C=O) groups is 2. The van der Waals surface area contributed by atoms with Gasteiger partial charge in [0.2, 0.25) is 5.91 Å². The van der Waals surface area contributed by atoms with Gasteiger partial charge in [0.15, 0.2) is 0 Å². The number of piperidine rings is 1. The molecule has 0 spiro atoms. The first-order valence-electron chi connectivity index (χ1n) is 8.17. The van der Waals surface area contributed by atoms with Crippen LogP contribution in [0, 0.1) is 0 Å². The molecule has 0 saturated carbocycles. The molecular formula is C17H27N3O2S. The molecular weight excluding hydrogens is 310 g/mol. The van der Waals surface area contributed by atoms with Crippen molar-refractivity contribution in [2.45, 2.75) is 58.2 Å². The molecule has 0 aliphatic carbocycles. The van der Waals surface area contributed by atoms with Crippen LogP contribution in [0.25, 0.3) is 0 Å². The molecule has 2 N–H and O–H groups in total. The number of thiophene rings is 1. The smallest absolute Gasteiger partial charge is 0.261 e. The van der Waals surface area contributed by atoms with Crippen molar-refractivity contribution in [1.82, 2.24) is 15.5 Å². The second kappa shape index (κ2) is 7.45. The summed E-state index contributed by atoms with van der Waals surface area (Å²) in [7, 11) is 0. The summed E-state index contributed by atoms with van der Waals surface area (Å²) in [6.07, 6.45) is 1.76. The zero-order chi connectivity index (χ0) is 17.0. The lowest BCUT2D eigenvalue weighted by molar-refractivity contribution is -0.127. The number of hydrogen-bond acceptors (Lipinski definition) is 4. The third-order valence-electron chi connectivity index (χ3n) is 4.04. The molecule has 1 unspecified atom stereocenters. The monoisotopic (exact) mass is 337 g/mol. The van der Waals surface area contributed by atoms with Gasteiger partial charge in [0.1, 0.15) is 0 Å². The minimum atomic E-state index is -0.210. The summed E-state index contributed by atoms with van der Waals surface area (Å²) in [4.78, 5) is 27.3. The zero-order valence-corrected chi connectivity index (χ0v) is 15.2. The van der Waals surface area contributed by atoms with Gasteiger partial charge >= 0.3 is 0 Å². The van der Waals surface area contributed by atoms with Crippen molar-refractivity contribution in [3.8, 4) is 0 Å². The first kappa shape index (κ1) is 17.9. The maximum atomic E-state index is 12.3. The predicted octanol–water partition coefficient (Wildman–Crippen LogP) is 2.25. The molecule has 6 heteroatoms. The molecule has 1 aromatic rings. The molecule has 5 nitrogen and oxygen atoms in total. The first-order chi connectivity index (χ1) is 10.8. The van der Waals surface area contributed by atoms with E-state index in [0.717, 1.165) is 30.8 Å². The number of rotatable bonds is 4. The third kappa shape index (κ3) is 5.32. The quantitative estimate of drug-likeness (QED) is 0.886. The topological polar surface area (TPSA) is 61.4 Å². The van der Waals surface area contributed by atoms with Gasteiger partial charge < -0.3 is 10.6 Å². The molecule has 1 atom stereocenters. The van der Waals surface area contributed by atoms with Crippen molar-refractivity contribution in [2.75, 3.05) is 13.1 Å². The molecule has 0 aromatic carbocycles. The molecule has 0 radical (unpaired) electrons. The summed E-state index contributed by atoms with van der Waals surface area (Å²) in [5.74, 6) is 0.0792. The van der Waals surface area contributed by atoms with Gasteiger partial charge in [-0.2, -0.15) is 0 Å². The highest BCUT2D eigenvalue weighted by Gasteiger charge is 2.29. The number of hydrogen-bond donors (Lipinski definition) is 2. The fourth-order valence-corrected chi connectivity index (χ4v) is 3.36. The molecule has 2 amide bonds. The number of carbonyl (C=O) groups excluding carboxylic acids is 2. The minimum absolute atomic E-state index is 0.0111. The van der Waals surface area contributed by atoms with Crippen LogP contribution in [0.15, 0.2) is 17.5 Å². The summed E-state index contributed by atoms with van der Waals surface area (Å²) in [5.41, 5.74) is -0.210. The van der Waals surface area contributed by atoms with Gasteiger partial charge in [-0.25, -0.2) is 0 Å². The Morgan fingerprint density at radius 1 is 1.30 bits per heavy atom. The van der Waals surface area contributed by atoms with Crippen LogP contribution in [-0.2, 0) is 4.79 Å². The van der Waals surface area contributed by atoms with E-state index in [1.54, 1.807) is 0 Å². The Balaban J connectivity index is 1.79. The summed E-state index contributed by atoms with van der Waals surface area (Å²) in [5, 5.41) is 8.03. The highest BCUT2D eigenvalue weighted by Crippen LogP contribution is 2.16. The van der Waals surface area contributed by atoms with Gasteiger partial charge in [-0.15, -0.1) is 11.3 Å². The summed E-state index contributed by atoms with van der Waals surface area (Å²) < 4.78 is 0. The van der Waals surface area contributed by atoms with E-state index < -0.39 is 0 Å². The van der Waals surface area contributed by atoms with Gasteiger partial charge in [0, 0.05) is 24.7 Å². The van der Waals surface area contributed by atoms with E-state index in [9.17, 15) is 9.59 Å². The van der Waals surface area contributed by atoms with Crippen LogP contribution in [0.5, 0.6) is 0 Å². The van der Waals surface area contributed by atoms with Crippen LogP contribution >= 0.6 is 11.3 Å². The van der Waals surface area contributed by atoms with Crippen molar-refractivity contribution >= 4 is 23.2 Å². The Labute approximate surface area is 142 Å². The molecule has 1 saturated heterocycles. The molecule has 128 valence electrons. The molecule has 1 aliphatic rings. The zero-order valence-electron chi connectivity index (χ0n) is 14.4. The van der Waals surface area contributed by atoms with E-state index >= 15 is 0 Å². The predicted molar refractivity (Wildman–Crippen MR) is 93.7 cm³/mol. The number of likely N-dealkylation sites (tertiary alicyclic amines) is 1. The van der Waals surface area contributed by atoms with E-state index in [4.69, 9.17) is 0 Å². The Morgan fingerprint density at radius 3 is 2.48 bits per heavy atom. The lowest BCUT2D eigenvalue weighted by Gasteiger charge is -2.36. The van der Waals surface area contributed by atoms with Crippen LogP contribution in [0.1, 0.15) is 50.2 Å². The Hall–Kier alpha value is -1.40. The van der Waals surface area contributed by atoms with Crippen LogP contribution in [0.4, 0.5) is 0 Å². The fraction of sp³-hybridized carbons (Fsp3) is 0.647. The van der Waals surface area contributed by atoms with Gasteiger partial charge in [-0.1, -0.05) is 6.07 Å². The van der Waals surface area contributed by atoms with E-state index in [1.807, 2.05) is 45.2 Å². The van der Waals surface area contributed by atoms with Crippen LogP contribution in [0.3, 0.4) is 0 Å². The van der Waals surface area contributed by atoms with Crippen molar-refractivity contribution in [3.63, 3.8) is 0 Å². The Morgan fingerprint density at radius 2 is 1.96 bits per heavy atom. The van der Waals surface area contributed by atoms with E-state index in [0.29, 0.717) is 0 Å². The third-order valence-corrected chi connectivity index (χ3v) is 4.90. The SMILES string of the molecule is CC(C(=O)NC(C)(C)C)N1CCC(NC(=O)c2cccs2)CC1. The summed E-state index contributed by atoms with van der Waals surface area (Å²) >= 11 is 1.46. The van der Waals surface area contributed by atoms with Crippen molar-refractivity contribution in [3.05, 3.63) is 22.4 Å². The average molecular weight is 337 g/mol. The van der Waals surface area contributed by atoms with Crippen LogP contribution < -0.4 is 10.6 Å². The van der Waals surface area contributed by atoms with Gasteiger partial charge in [0.05, 0.1) is 10.9 Å². The molecule has 1 fully saturated rings. The normalized spacial score (nSPS) is 18.4. The van der Waals surface area contributed by atoms with Gasteiger partial charge in [-0.05, 0) is 52.0 Å². The van der Waals surface area contributed by atoms with Crippen LogP contribution in [-0.4, -0.2) is 47.4 Å². The molecule has 1 aromatic heterocycles.